The largest absolute Gasteiger partial charge is 0.462 e. The second-order valence-corrected chi connectivity index (χ2v) is 3.92. The van der Waals surface area contributed by atoms with E-state index in [4.69, 9.17) is 22.1 Å². The van der Waals surface area contributed by atoms with Crippen LogP contribution in [0.25, 0.3) is 0 Å². The van der Waals surface area contributed by atoms with Gasteiger partial charge in [0.1, 0.15) is 0 Å². The maximum Gasteiger partial charge on any atom is 0.340 e. The number of nitrogens with two attached hydrogens (primary N) is 1. The van der Waals surface area contributed by atoms with Gasteiger partial charge in [-0.15, -0.1) is 0 Å². The van der Waals surface area contributed by atoms with Crippen molar-refractivity contribution in [3.8, 4) is 0 Å². The molecule has 1 aromatic rings. The summed E-state index contributed by atoms with van der Waals surface area (Å²) in [6.07, 6.45) is 0. The summed E-state index contributed by atoms with van der Waals surface area (Å²) in [4.78, 5) is 13.5. The summed E-state index contributed by atoms with van der Waals surface area (Å²) in [6.45, 7) is 2.07. The van der Waals surface area contributed by atoms with Crippen LogP contribution < -0.4 is 10.6 Å². The molecule has 0 heterocycles. The molecule has 0 amide bonds. The zero-order valence-electron chi connectivity index (χ0n) is 9.58. The number of ether oxygens (including phenoxy) is 1. The lowest BCUT2D eigenvalue weighted by atomic mass is 10.1. The van der Waals surface area contributed by atoms with E-state index in [0.29, 0.717) is 28.6 Å². The minimum atomic E-state index is -0.416. The number of hydrogen-bond donors (Lipinski definition) is 1. The third-order valence-electron chi connectivity index (χ3n) is 2.03. The van der Waals surface area contributed by atoms with Crippen molar-refractivity contribution in [1.82, 2.24) is 0 Å². The van der Waals surface area contributed by atoms with Gasteiger partial charge in [0.2, 0.25) is 0 Å². The van der Waals surface area contributed by atoms with Crippen LogP contribution >= 0.6 is 11.6 Å². The number of nitrogen functional groups attached to an aromatic ring is 1. The lowest BCUT2D eigenvalue weighted by Crippen LogP contribution is -2.16. The lowest BCUT2D eigenvalue weighted by Gasteiger charge is -2.18. The Morgan fingerprint density at radius 1 is 1.50 bits per heavy atom. The van der Waals surface area contributed by atoms with Crippen LogP contribution in [-0.4, -0.2) is 26.7 Å². The van der Waals surface area contributed by atoms with Gasteiger partial charge in [-0.3, -0.25) is 0 Å². The van der Waals surface area contributed by atoms with Crippen molar-refractivity contribution >= 4 is 28.9 Å². The van der Waals surface area contributed by atoms with E-state index in [-0.39, 0.29) is 0 Å². The van der Waals surface area contributed by atoms with Gasteiger partial charge in [0.05, 0.1) is 22.9 Å². The molecule has 0 aliphatic carbocycles. The monoisotopic (exact) mass is 242 g/mol. The molecule has 0 radical (unpaired) electrons. The van der Waals surface area contributed by atoms with E-state index in [2.05, 4.69) is 0 Å². The first-order valence-corrected chi connectivity index (χ1v) is 5.28. The maximum atomic E-state index is 11.7. The van der Waals surface area contributed by atoms with Crippen molar-refractivity contribution in [3.63, 3.8) is 0 Å². The van der Waals surface area contributed by atoms with Gasteiger partial charge in [-0.1, -0.05) is 11.6 Å². The molecule has 4 nitrogen and oxygen atoms in total. The van der Waals surface area contributed by atoms with Gasteiger partial charge in [-0.25, -0.2) is 4.79 Å². The first kappa shape index (κ1) is 12.6. The summed E-state index contributed by atoms with van der Waals surface area (Å²) in [5.74, 6) is -0.416. The lowest BCUT2D eigenvalue weighted by molar-refractivity contribution is 0.0527. The fraction of sp³-hybridized carbons (Fsp3) is 0.364. The first-order chi connectivity index (χ1) is 7.47. The second kappa shape index (κ2) is 5.07. The molecule has 88 valence electrons. The highest BCUT2D eigenvalue weighted by molar-refractivity contribution is 6.34. The molecule has 0 bridgehead atoms. The summed E-state index contributed by atoms with van der Waals surface area (Å²) in [5.41, 5.74) is 7.10. The van der Waals surface area contributed by atoms with Crippen LogP contribution in [0.15, 0.2) is 12.1 Å². The predicted octanol–water partition coefficient (Wildman–Crippen LogP) is 2.16. The van der Waals surface area contributed by atoms with Gasteiger partial charge < -0.3 is 15.4 Å². The van der Waals surface area contributed by atoms with Crippen molar-refractivity contribution < 1.29 is 9.53 Å². The minimum Gasteiger partial charge on any atom is -0.462 e. The molecule has 1 aromatic carbocycles. The number of esters is 1. The highest BCUT2D eigenvalue weighted by Gasteiger charge is 2.17. The molecule has 16 heavy (non-hydrogen) atoms. The number of rotatable bonds is 3. The Hall–Kier alpha value is -1.42. The third kappa shape index (κ3) is 2.58. The zero-order chi connectivity index (χ0) is 12.3. The zero-order valence-corrected chi connectivity index (χ0v) is 10.3. The Bertz CT molecular complexity index is 405. The standard InChI is InChI=1S/C11H15ClN2O2/c1-4-16-11(15)8-5-7(13)6-9(12)10(8)14(2)3/h5-6H,4,13H2,1-3H3. The molecule has 0 saturated heterocycles. The Kier molecular flexibility index (Phi) is 4.01. The predicted molar refractivity (Wildman–Crippen MR) is 66.1 cm³/mol. The highest BCUT2D eigenvalue weighted by atomic mass is 35.5. The Morgan fingerprint density at radius 3 is 2.62 bits per heavy atom. The Labute approximate surface area is 99.9 Å². The molecular formula is C11H15ClN2O2. The van der Waals surface area contributed by atoms with Gasteiger partial charge >= 0.3 is 5.97 Å². The summed E-state index contributed by atoms with van der Waals surface area (Å²) in [5, 5.41) is 0.438. The molecule has 0 atom stereocenters. The Balaban J connectivity index is 3.29. The van der Waals surface area contributed by atoms with Crippen LogP contribution in [0.1, 0.15) is 17.3 Å². The van der Waals surface area contributed by atoms with Crippen LogP contribution in [0.4, 0.5) is 11.4 Å². The van der Waals surface area contributed by atoms with Crippen molar-refractivity contribution in [2.24, 2.45) is 0 Å². The average molecular weight is 243 g/mol. The van der Waals surface area contributed by atoms with E-state index < -0.39 is 5.97 Å². The topological polar surface area (TPSA) is 55.6 Å². The molecule has 0 aliphatic rings. The molecule has 0 aromatic heterocycles. The molecule has 0 saturated carbocycles. The van der Waals surface area contributed by atoms with Gasteiger partial charge in [-0.2, -0.15) is 0 Å². The average Bonchev–Trinajstić information content (AvgIpc) is 2.15. The van der Waals surface area contributed by atoms with Crippen LogP contribution in [0.2, 0.25) is 5.02 Å². The quantitative estimate of drug-likeness (QED) is 0.652. The molecule has 0 aliphatic heterocycles. The van der Waals surface area contributed by atoms with Gasteiger partial charge in [0.25, 0.3) is 0 Å². The number of anilines is 2. The van der Waals surface area contributed by atoms with Crippen molar-refractivity contribution in [2.45, 2.75) is 6.92 Å². The summed E-state index contributed by atoms with van der Waals surface area (Å²) in [7, 11) is 3.61. The van der Waals surface area contributed by atoms with Crippen molar-refractivity contribution in [3.05, 3.63) is 22.7 Å². The van der Waals surface area contributed by atoms with Crippen molar-refractivity contribution in [1.29, 1.82) is 0 Å². The Morgan fingerprint density at radius 2 is 2.12 bits per heavy atom. The summed E-state index contributed by atoms with van der Waals surface area (Å²) in [6, 6.07) is 3.18. The smallest absolute Gasteiger partial charge is 0.340 e. The number of nitrogens with zero attached hydrogens (tertiary/aromatic N) is 1. The molecule has 0 fully saturated rings. The van der Waals surface area contributed by atoms with Gasteiger partial charge in [0.15, 0.2) is 0 Å². The minimum absolute atomic E-state index is 0.318. The molecule has 0 unspecified atom stereocenters. The number of halogens is 1. The van der Waals surface area contributed by atoms with Crippen LogP contribution in [0, 0.1) is 0 Å². The van der Waals surface area contributed by atoms with E-state index in [9.17, 15) is 4.79 Å². The fourth-order valence-electron chi connectivity index (χ4n) is 1.44. The van der Waals surface area contributed by atoms with Crippen molar-refractivity contribution in [2.75, 3.05) is 31.3 Å². The number of benzene rings is 1. The molecule has 2 N–H and O–H groups in total. The van der Waals surface area contributed by atoms with E-state index in [1.807, 2.05) is 0 Å². The van der Waals surface area contributed by atoms with E-state index in [0.717, 1.165) is 0 Å². The third-order valence-corrected chi connectivity index (χ3v) is 2.32. The first-order valence-electron chi connectivity index (χ1n) is 4.90. The number of carbonyl (C=O) groups is 1. The van der Waals surface area contributed by atoms with E-state index in [1.165, 1.54) is 0 Å². The SMILES string of the molecule is CCOC(=O)c1cc(N)cc(Cl)c1N(C)C. The maximum absolute atomic E-state index is 11.7. The van der Waals surface area contributed by atoms with Gasteiger partial charge in [-0.05, 0) is 19.1 Å². The summed E-state index contributed by atoms with van der Waals surface area (Å²) < 4.78 is 4.95. The number of hydrogen-bond acceptors (Lipinski definition) is 4. The second-order valence-electron chi connectivity index (χ2n) is 3.51. The summed E-state index contributed by atoms with van der Waals surface area (Å²) >= 11 is 6.04. The van der Waals surface area contributed by atoms with E-state index in [1.54, 1.807) is 38.1 Å². The highest BCUT2D eigenvalue weighted by Crippen LogP contribution is 2.31. The van der Waals surface area contributed by atoms with E-state index >= 15 is 0 Å². The molecule has 5 heteroatoms. The van der Waals surface area contributed by atoms with Crippen LogP contribution in [0.3, 0.4) is 0 Å². The molecule has 0 spiro atoms. The van der Waals surface area contributed by atoms with Crippen LogP contribution in [-0.2, 0) is 4.74 Å². The number of carbonyl (C=O) groups excluding carboxylic acids is 1. The normalized spacial score (nSPS) is 10.0. The molecule has 1 rings (SSSR count). The fourth-order valence-corrected chi connectivity index (χ4v) is 1.84. The van der Waals surface area contributed by atoms with Crippen LogP contribution in [0.5, 0.6) is 0 Å². The molecular weight excluding hydrogens is 228 g/mol. The van der Waals surface area contributed by atoms with Gasteiger partial charge in [0, 0.05) is 19.8 Å².